The Morgan fingerprint density at radius 3 is 2.65 bits per heavy atom. The summed E-state index contributed by atoms with van der Waals surface area (Å²) in [7, 11) is 4.16. The highest BCUT2D eigenvalue weighted by molar-refractivity contribution is 7.13. The van der Waals surface area contributed by atoms with Gasteiger partial charge in [-0.05, 0) is 12.0 Å². The van der Waals surface area contributed by atoms with E-state index in [1.807, 2.05) is 30.3 Å². The van der Waals surface area contributed by atoms with Crippen molar-refractivity contribution in [2.45, 2.75) is 19.3 Å². The maximum atomic E-state index is 12.7. The lowest BCUT2D eigenvalue weighted by Crippen LogP contribution is -3.05. The van der Waals surface area contributed by atoms with Gasteiger partial charge in [0.25, 0.3) is 0 Å². The molecule has 6 nitrogen and oxygen atoms in total. The second-order valence-electron chi connectivity index (χ2n) is 6.50. The normalized spacial score (nSPS) is 10.7. The summed E-state index contributed by atoms with van der Waals surface area (Å²) in [6.07, 6.45) is 3.60. The Kier molecular flexibility index (Phi) is 8.24. The minimum absolute atomic E-state index is 0.0110. The number of aromatic nitrogens is 1. The van der Waals surface area contributed by atoms with Gasteiger partial charge in [-0.3, -0.25) is 9.59 Å². The quantitative estimate of drug-likeness (QED) is 0.653. The van der Waals surface area contributed by atoms with E-state index in [4.69, 9.17) is 0 Å². The van der Waals surface area contributed by atoms with Crippen molar-refractivity contribution in [3.05, 3.63) is 47.5 Å². The molecule has 0 spiro atoms. The molecule has 7 heteroatoms. The van der Waals surface area contributed by atoms with E-state index in [0.717, 1.165) is 18.5 Å². The number of nitrogens with one attached hydrogen (secondary N) is 2. The third-order valence-corrected chi connectivity index (χ3v) is 4.63. The van der Waals surface area contributed by atoms with Crippen LogP contribution in [0.2, 0.25) is 0 Å². The smallest absolute Gasteiger partial charge is 0.245 e. The Hall–Kier alpha value is -2.25. The topological polar surface area (TPSA) is 66.7 Å². The lowest BCUT2D eigenvalue weighted by molar-refractivity contribution is -0.858. The van der Waals surface area contributed by atoms with E-state index in [9.17, 15) is 9.59 Å². The summed E-state index contributed by atoms with van der Waals surface area (Å²) in [6, 6.07) is 9.94. The van der Waals surface area contributed by atoms with Gasteiger partial charge in [-0.1, -0.05) is 30.3 Å². The number of carbonyl (C=O) groups is 2. The van der Waals surface area contributed by atoms with Crippen molar-refractivity contribution in [2.75, 3.05) is 39.0 Å². The van der Waals surface area contributed by atoms with Gasteiger partial charge < -0.3 is 15.1 Å². The largest absolute Gasteiger partial charge is 0.340 e. The molecular weight excluding hydrogens is 348 g/mol. The predicted molar refractivity (Wildman–Crippen MR) is 104 cm³/mol. The van der Waals surface area contributed by atoms with E-state index in [0.29, 0.717) is 24.5 Å². The van der Waals surface area contributed by atoms with Crippen LogP contribution >= 0.6 is 11.3 Å². The molecule has 0 radical (unpaired) electrons. The van der Waals surface area contributed by atoms with E-state index in [2.05, 4.69) is 24.4 Å². The fourth-order valence-electron chi connectivity index (χ4n) is 2.59. The SMILES string of the molecule is C[NH+](C)CCCN(CC(=O)Nc1nccs1)C(=O)CCc1ccccc1. The Morgan fingerprint density at radius 2 is 2.00 bits per heavy atom. The zero-order valence-electron chi connectivity index (χ0n) is 15.4. The average molecular weight is 376 g/mol. The molecule has 2 amide bonds. The summed E-state index contributed by atoms with van der Waals surface area (Å²) in [4.78, 5) is 31.9. The van der Waals surface area contributed by atoms with Crippen LogP contribution in [0.4, 0.5) is 5.13 Å². The fraction of sp³-hybridized carbons (Fsp3) is 0.421. The summed E-state index contributed by atoms with van der Waals surface area (Å²) < 4.78 is 0. The average Bonchev–Trinajstić information content (AvgIpc) is 3.12. The second-order valence-corrected chi connectivity index (χ2v) is 7.39. The Bertz CT molecular complexity index is 674. The number of rotatable bonds is 10. The molecule has 0 aliphatic carbocycles. The zero-order chi connectivity index (χ0) is 18.8. The van der Waals surface area contributed by atoms with Gasteiger partial charge in [0.1, 0.15) is 0 Å². The van der Waals surface area contributed by atoms with E-state index >= 15 is 0 Å². The maximum absolute atomic E-state index is 12.7. The van der Waals surface area contributed by atoms with Gasteiger partial charge in [0.05, 0.1) is 27.2 Å². The van der Waals surface area contributed by atoms with Crippen LogP contribution in [-0.2, 0) is 16.0 Å². The maximum Gasteiger partial charge on any atom is 0.245 e. The minimum Gasteiger partial charge on any atom is -0.340 e. The molecule has 2 rings (SSSR count). The van der Waals surface area contributed by atoms with Gasteiger partial charge in [0.2, 0.25) is 11.8 Å². The molecule has 2 aromatic rings. The fourth-order valence-corrected chi connectivity index (χ4v) is 3.13. The third-order valence-electron chi connectivity index (χ3n) is 3.94. The Balaban J connectivity index is 1.90. The van der Waals surface area contributed by atoms with Gasteiger partial charge in [0, 0.05) is 31.0 Å². The number of nitrogens with zero attached hydrogens (tertiary/aromatic N) is 2. The van der Waals surface area contributed by atoms with Crippen molar-refractivity contribution < 1.29 is 14.5 Å². The van der Waals surface area contributed by atoms with Crippen LogP contribution in [0.1, 0.15) is 18.4 Å². The molecule has 0 aliphatic heterocycles. The molecule has 0 saturated carbocycles. The molecule has 0 bridgehead atoms. The van der Waals surface area contributed by atoms with Crippen molar-refractivity contribution >= 4 is 28.3 Å². The monoisotopic (exact) mass is 375 g/mol. The zero-order valence-corrected chi connectivity index (χ0v) is 16.2. The number of aryl methyl sites for hydroxylation is 1. The van der Waals surface area contributed by atoms with Crippen LogP contribution in [0.5, 0.6) is 0 Å². The molecule has 1 heterocycles. The van der Waals surface area contributed by atoms with Crippen molar-refractivity contribution in [2.24, 2.45) is 0 Å². The predicted octanol–water partition coefficient (Wildman–Crippen LogP) is 1.08. The summed E-state index contributed by atoms with van der Waals surface area (Å²) in [5, 5.41) is 5.11. The lowest BCUT2D eigenvalue weighted by Gasteiger charge is -2.22. The summed E-state index contributed by atoms with van der Waals surface area (Å²) >= 11 is 1.37. The summed E-state index contributed by atoms with van der Waals surface area (Å²) in [6.45, 7) is 1.61. The van der Waals surface area contributed by atoms with E-state index < -0.39 is 0 Å². The van der Waals surface area contributed by atoms with Crippen molar-refractivity contribution in [1.29, 1.82) is 0 Å². The molecule has 140 valence electrons. The van der Waals surface area contributed by atoms with Gasteiger partial charge in [-0.2, -0.15) is 0 Å². The van der Waals surface area contributed by atoms with E-state index in [1.165, 1.54) is 16.2 Å². The molecule has 0 fully saturated rings. The molecule has 1 aromatic heterocycles. The molecule has 1 aromatic carbocycles. The number of quaternary nitrogens is 1. The van der Waals surface area contributed by atoms with Gasteiger partial charge in [-0.15, -0.1) is 11.3 Å². The molecule has 0 atom stereocenters. The van der Waals surface area contributed by atoms with Crippen LogP contribution in [0, 0.1) is 0 Å². The lowest BCUT2D eigenvalue weighted by atomic mass is 10.1. The van der Waals surface area contributed by atoms with Crippen molar-refractivity contribution in [3.63, 3.8) is 0 Å². The number of amides is 2. The summed E-state index contributed by atoms with van der Waals surface area (Å²) in [5.41, 5.74) is 1.13. The first-order valence-corrected chi connectivity index (χ1v) is 9.72. The van der Waals surface area contributed by atoms with Crippen molar-refractivity contribution in [3.8, 4) is 0 Å². The highest BCUT2D eigenvalue weighted by atomic mass is 32.1. The molecule has 0 aliphatic rings. The number of carbonyl (C=O) groups excluding carboxylic acids is 2. The first-order valence-electron chi connectivity index (χ1n) is 8.84. The number of hydrogen-bond acceptors (Lipinski definition) is 4. The van der Waals surface area contributed by atoms with Gasteiger partial charge in [-0.25, -0.2) is 4.98 Å². The van der Waals surface area contributed by atoms with Gasteiger partial charge >= 0.3 is 0 Å². The molecule has 0 saturated heterocycles. The number of benzene rings is 1. The van der Waals surface area contributed by atoms with Crippen LogP contribution in [-0.4, -0.2) is 55.4 Å². The second kappa shape index (κ2) is 10.7. The first kappa shape index (κ1) is 20.1. The Labute approximate surface area is 158 Å². The van der Waals surface area contributed by atoms with Crippen LogP contribution < -0.4 is 10.2 Å². The van der Waals surface area contributed by atoms with Crippen LogP contribution in [0.3, 0.4) is 0 Å². The Morgan fingerprint density at radius 1 is 1.23 bits per heavy atom. The number of anilines is 1. The first-order chi connectivity index (χ1) is 12.5. The number of thiazole rings is 1. The van der Waals surface area contributed by atoms with Gasteiger partial charge in [0.15, 0.2) is 5.13 Å². The molecule has 2 N–H and O–H groups in total. The third kappa shape index (κ3) is 7.33. The van der Waals surface area contributed by atoms with E-state index in [1.54, 1.807) is 16.5 Å². The highest BCUT2D eigenvalue weighted by Crippen LogP contribution is 2.10. The molecule has 26 heavy (non-hydrogen) atoms. The van der Waals surface area contributed by atoms with Crippen LogP contribution in [0.25, 0.3) is 0 Å². The number of hydrogen-bond donors (Lipinski definition) is 2. The molecular formula is C19H27N4O2S+. The van der Waals surface area contributed by atoms with E-state index in [-0.39, 0.29) is 18.4 Å². The van der Waals surface area contributed by atoms with Crippen molar-refractivity contribution in [1.82, 2.24) is 9.88 Å². The van der Waals surface area contributed by atoms with Crippen LogP contribution in [0.15, 0.2) is 41.9 Å². The highest BCUT2D eigenvalue weighted by Gasteiger charge is 2.18. The molecule has 0 unspecified atom stereocenters. The minimum atomic E-state index is -0.204. The standard InChI is InChI=1S/C19H26N4O2S/c1-22(2)12-6-13-23(15-17(24)21-19-20-11-14-26-19)18(25)10-9-16-7-4-3-5-8-16/h3-5,7-8,11,14H,6,9-10,12-13,15H2,1-2H3,(H,20,21,24)/p+1. The summed E-state index contributed by atoms with van der Waals surface area (Å²) in [5.74, 6) is -0.192.